The molecule has 0 fully saturated rings. The molecule has 12 N–H and O–H groups in total. The number of ether oxygens (including phenoxy) is 2. The van der Waals surface area contributed by atoms with Crippen molar-refractivity contribution in [2.45, 2.75) is 329 Å². The van der Waals surface area contributed by atoms with Gasteiger partial charge in [-0.15, -0.1) is 0 Å². The average molecular weight is 2050 g/mol. The molecule has 0 aliphatic rings. The number of benzene rings is 1. The number of rotatable bonds is 90. The molecule has 0 bridgehead atoms. The fraction of sp³-hybridized carbons (Fsp3) is 0.677. The second-order valence-corrected chi connectivity index (χ2v) is 36.2. The molecule has 43 nitrogen and oxygen atoms in total. The second-order valence-electron chi connectivity index (χ2n) is 34.8. The number of amides is 10. The molecular formula is C99H157N10O33P. The van der Waals surface area contributed by atoms with Crippen molar-refractivity contribution < 1.29 is 159 Å². The molecule has 1 aromatic rings. The van der Waals surface area contributed by atoms with Crippen LogP contribution in [-0.2, 0) is 135 Å². The van der Waals surface area contributed by atoms with Crippen LogP contribution in [0.5, 0.6) is 5.75 Å². The van der Waals surface area contributed by atoms with E-state index in [2.05, 4.69) is 70.1 Å². The van der Waals surface area contributed by atoms with Crippen LogP contribution in [0.2, 0.25) is 0 Å². The molecule has 1 aromatic carbocycles. The van der Waals surface area contributed by atoms with Crippen LogP contribution in [0.1, 0.15) is 316 Å². The minimum absolute atomic E-state index is 0.00377. The number of carboxylic acid groups (broad SMARTS) is 4. The van der Waals surface area contributed by atoms with Gasteiger partial charge in [-0.1, -0.05) is 160 Å². The Balaban J connectivity index is 0.00000287. The number of carbonyl (C=O) groups is 22. The number of nitrogens with one attached hydrogen (secondary N) is 6. The third kappa shape index (κ3) is 77.4. The minimum Gasteiger partial charge on any atom is -0.508 e. The molecule has 2 unspecified atom stereocenters. The van der Waals surface area contributed by atoms with E-state index in [1.165, 1.54) is 101 Å². The van der Waals surface area contributed by atoms with Gasteiger partial charge in [0.1, 0.15) is 57.4 Å². The van der Waals surface area contributed by atoms with E-state index in [1.807, 2.05) is 0 Å². The van der Waals surface area contributed by atoms with Gasteiger partial charge in [0.2, 0.25) is 59.6 Å². The van der Waals surface area contributed by atoms with Crippen LogP contribution in [0.3, 0.4) is 0 Å². The zero-order chi connectivity index (χ0) is 107. The standard InChI is InChI=1S/C60H105N2O15P.C39H52N8O18/c1-4-7-9-11-13-15-17-19-21-23-25-27-29-31-33-42-59(70)74-50-55(77-60(71)43-34-32-30-28-26-24-22-20-18-16-14-12-10-8-5-2)51-76-78(72,73)75-46-37-40-52(63)39-35-36-41-56(66)61-47-53(64)44-45-57(67)62(49-58(68)69)48-54(65)38-6-3;1-24(49)41-15-35(58)46(21-38(62)63)18-32(55)40-12-2-3-28(52)17-45(20-37(60)61)34(57)11-8-27(51)14-42-33(56)19-47(22-39(64)65)36(59)16-43-31(54)10-9-30(53)29(44-23-48)13-25-4-6-26(50)7-5-25/h19-22,55H,4-18,23-51H2,1-3H3,(H,61,66)(H,68,69)(H,72,73);4-7,23,29,50H,2-3,8-22H2,1H3,(H,40,55)(H,41,49)(H,42,56)(H,43,54)(H,44,48)(H,60,61)(H,62,63)(H,64,65)/b21-19+,22-20+;/t;29-/m.0/s1. The van der Waals surface area contributed by atoms with Gasteiger partial charge in [0.15, 0.2) is 35.0 Å². The van der Waals surface area contributed by atoms with Crippen LogP contribution >= 0.6 is 7.82 Å². The number of ketones is 6. The first-order chi connectivity index (χ1) is 68.2. The van der Waals surface area contributed by atoms with E-state index in [4.69, 9.17) is 28.7 Å². The monoisotopic (exact) mass is 2050 g/mol. The van der Waals surface area contributed by atoms with Gasteiger partial charge in [-0.25, -0.2) is 4.57 Å². The van der Waals surface area contributed by atoms with Crippen molar-refractivity contribution in [3.05, 3.63) is 54.1 Å². The van der Waals surface area contributed by atoms with Gasteiger partial charge >= 0.3 is 43.6 Å². The van der Waals surface area contributed by atoms with Gasteiger partial charge in [-0.3, -0.25) is 115 Å². The van der Waals surface area contributed by atoms with Crippen LogP contribution in [0.25, 0.3) is 0 Å². The Bertz CT molecular complexity index is 4200. The first kappa shape index (κ1) is 131. The predicted molar refractivity (Wildman–Crippen MR) is 523 cm³/mol. The van der Waals surface area contributed by atoms with Crippen molar-refractivity contribution in [2.24, 2.45) is 0 Å². The summed E-state index contributed by atoms with van der Waals surface area (Å²) in [5.41, 5.74) is 0.610. The average Bonchev–Trinajstić information content (AvgIpc) is 0.884. The normalized spacial score (nSPS) is 11.8. The molecule has 0 saturated carbocycles. The Kier molecular flexibility index (Phi) is 76.7. The highest BCUT2D eigenvalue weighted by atomic mass is 31.2. The van der Waals surface area contributed by atoms with Crippen LogP contribution in [0, 0.1) is 0 Å². The third-order valence-corrected chi connectivity index (χ3v) is 22.7. The van der Waals surface area contributed by atoms with Gasteiger partial charge in [-0.2, -0.15) is 0 Å². The van der Waals surface area contributed by atoms with E-state index in [1.54, 1.807) is 6.92 Å². The van der Waals surface area contributed by atoms with Crippen molar-refractivity contribution in [1.29, 1.82) is 0 Å². The molecule has 10 amide bonds. The number of Topliss-reactive ketones (excluding diaryl/α,β-unsaturated/α-hetero) is 6. The summed E-state index contributed by atoms with van der Waals surface area (Å²) in [5.74, 6) is -16.4. The van der Waals surface area contributed by atoms with Crippen molar-refractivity contribution in [2.75, 3.05) is 105 Å². The van der Waals surface area contributed by atoms with E-state index in [0.717, 1.165) is 88.9 Å². The SMILES string of the molecule is CC(=O)NCC(=O)N(CC(=O)O)CC(=O)NCCCC(=O)CN(CC(=O)O)C(=O)CCC(=O)CNC(=O)CN(CC(=O)O)C(=O)CNC(=O)CCC(=O)[C@H](Cc1ccc(O)cc1)NC=O.CCCCCCCC/C=C/CCCCCCCC(=O)OCC(COP(=O)(O)OCCCC(=O)CCCCC(=O)NCC(=O)CCC(=O)N(CC(=O)O)CC(=O)CCC)OC(=O)CCCCCCC/C=C/CCCCCCCC. The maximum absolute atomic E-state index is 12.9. The number of unbranched alkanes of at least 4 members (excludes halogenated alkanes) is 23. The van der Waals surface area contributed by atoms with Gasteiger partial charge in [0.05, 0.1) is 58.5 Å². The summed E-state index contributed by atoms with van der Waals surface area (Å²) in [5, 5.41) is 59.8. The molecule has 143 heavy (non-hydrogen) atoms. The molecule has 0 spiro atoms. The topological polar surface area (TPSA) is 636 Å². The van der Waals surface area contributed by atoms with Crippen LogP contribution < -0.4 is 31.9 Å². The molecule has 806 valence electrons. The van der Waals surface area contributed by atoms with Gasteiger partial charge < -0.3 is 91.4 Å². The summed E-state index contributed by atoms with van der Waals surface area (Å²) >= 11 is 0. The Morgan fingerprint density at radius 2 is 0.762 bits per heavy atom. The van der Waals surface area contributed by atoms with Crippen molar-refractivity contribution in [1.82, 2.24) is 51.5 Å². The van der Waals surface area contributed by atoms with Crippen LogP contribution in [-0.4, -0.2) is 297 Å². The lowest BCUT2D eigenvalue weighted by Crippen LogP contribution is -2.47. The van der Waals surface area contributed by atoms with Gasteiger partial charge in [0, 0.05) is 96.9 Å². The molecule has 0 heterocycles. The highest BCUT2D eigenvalue weighted by Crippen LogP contribution is 2.43. The zero-order valence-electron chi connectivity index (χ0n) is 83.9. The number of phosphoric acid groups is 1. The molecule has 3 atom stereocenters. The molecular weight excluding hydrogens is 1890 g/mol. The summed E-state index contributed by atoms with van der Waals surface area (Å²) in [4.78, 5) is 280. The quantitative estimate of drug-likeness (QED) is 0.00954. The number of allylic oxidation sites excluding steroid dienone is 4. The number of hydrogen-bond acceptors (Lipinski definition) is 28. The van der Waals surface area contributed by atoms with Crippen LogP contribution in [0.15, 0.2) is 48.6 Å². The third-order valence-electron chi connectivity index (χ3n) is 21.8. The number of hydrogen-bond donors (Lipinski definition) is 12. The van der Waals surface area contributed by atoms with E-state index in [-0.39, 0.29) is 134 Å². The summed E-state index contributed by atoms with van der Waals surface area (Å²) in [6, 6.07) is 4.86. The number of phenols is 1. The van der Waals surface area contributed by atoms with Gasteiger partial charge in [0.25, 0.3) is 0 Å². The van der Waals surface area contributed by atoms with Crippen molar-refractivity contribution in [3.63, 3.8) is 0 Å². The van der Waals surface area contributed by atoms with E-state index >= 15 is 0 Å². The number of nitrogens with zero attached hydrogens (tertiary/aromatic N) is 4. The number of aromatic hydroxyl groups is 1. The van der Waals surface area contributed by atoms with E-state index in [0.29, 0.717) is 58.8 Å². The molecule has 0 aliphatic carbocycles. The smallest absolute Gasteiger partial charge is 0.472 e. The number of carboxylic acids is 4. The lowest BCUT2D eigenvalue weighted by molar-refractivity contribution is -0.161. The molecule has 44 heteroatoms. The largest absolute Gasteiger partial charge is 0.508 e. The molecule has 0 aromatic heterocycles. The first-order valence-corrected chi connectivity index (χ1v) is 51.4. The number of phenolic OH excluding ortho intramolecular Hbond substituents is 1. The zero-order valence-corrected chi connectivity index (χ0v) is 84.8. The van der Waals surface area contributed by atoms with Crippen LogP contribution in [0.4, 0.5) is 0 Å². The number of carbonyl (C=O) groups excluding carboxylic acids is 18. The second kappa shape index (κ2) is 83.6. The molecule has 1 rings (SSSR count). The molecule has 0 radical (unpaired) electrons. The first-order valence-electron chi connectivity index (χ1n) is 49.9. The minimum atomic E-state index is -4.65. The maximum Gasteiger partial charge on any atom is 0.472 e. The Hall–Kier alpha value is -11.8. The fourth-order valence-electron chi connectivity index (χ4n) is 13.9. The summed E-state index contributed by atoms with van der Waals surface area (Å²) in [7, 11) is -4.65. The number of phosphoric ester groups is 1. The number of esters is 2. The van der Waals surface area contributed by atoms with E-state index in [9.17, 15) is 130 Å². The Labute approximate surface area is 838 Å². The highest BCUT2D eigenvalue weighted by Gasteiger charge is 2.30. The summed E-state index contributed by atoms with van der Waals surface area (Å²) < 4.78 is 34.1. The summed E-state index contributed by atoms with van der Waals surface area (Å²) in [6.07, 6.45) is 37.2. The lowest BCUT2D eigenvalue weighted by atomic mass is 9.99. The molecule has 0 saturated heterocycles. The van der Waals surface area contributed by atoms with Crippen molar-refractivity contribution in [3.8, 4) is 5.75 Å². The highest BCUT2D eigenvalue weighted by molar-refractivity contribution is 7.47. The van der Waals surface area contributed by atoms with E-state index < -0.39 is 223 Å². The number of aliphatic carboxylic acids is 4. The summed E-state index contributed by atoms with van der Waals surface area (Å²) in [6.45, 7) is -2.21. The maximum atomic E-state index is 12.9. The Morgan fingerprint density at radius 3 is 1.23 bits per heavy atom. The van der Waals surface area contributed by atoms with Gasteiger partial charge in [-0.05, 0) is 120 Å². The lowest BCUT2D eigenvalue weighted by Gasteiger charge is -2.21. The predicted octanol–water partition coefficient (Wildman–Crippen LogP) is 8.63. The molecule has 0 aliphatic heterocycles. The van der Waals surface area contributed by atoms with Crippen molar-refractivity contribution >= 4 is 138 Å². The fourth-order valence-corrected chi connectivity index (χ4v) is 14.7. The Morgan fingerprint density at radius 1 is 0.364 bits per heavy atom.